The number of carbonyl (C=O) groups excluding carboxylic acids is 1. The summed E-state index contributed by atoms with van der Waals surface area (Å²) in [5, 5.41) is 0. The summed E-state index contributed by atoms with van der Waals surface area (Å²) in [6.07, 6.45) is 5.35. The molecule has 0 bridgehead atoms. The average Bonchev–Trinajstić information content (AvgIpc) is 3.13. The molecule has 1 spiro atoms. The summed E-state index contributed by atoms with van der Waals surface area (Å²) in [5.41, 5.74) is 0.332. The van der Waals surface area contributed by atoms with Crippen molar-refractivity contribution >= 4 is 11.9 Å². The minimum Gasteiger partial charge on any atom is -0.493 e. The molecule has 1 aliphatic carbocycles. The van der Waals surface area contributed by atoms with Crippen LogP contribution in [0.3, 0.4) is 0 Å². The maximum absolute atomic E-state index is 11.8. The van der Waals surface area contributed by atoms with Crippen LogP contribution in [0.15, 0.2) is 18.3 Å². The molecule has 1 atom stereocenters. The molecule has 3 aliphatic rings. The fourth-order valence-corrected chi connectivity index (χ4v) is 4.96. The summed E-state index contributed by atoms with van der Waals surface area (Å²) < 4.78 is 10.6. The number of hydrogen-bond donors (Lipinski definition) is 0. The second kappa shape index (κ2) is 7.54. The van der Waals surface area contributed by atoms with Crippen LogP contribution in [0.2, 0.25) is 0 Å². The first-order chi connectivity index (χ1) is 13.1. The van der Waals surface area contributed by atoms with Crippen molar-refractivity contribution in [1.29, 1.82) is 0 Å². The van der Waals surface area contributed by atoms with Crippen LogP contribution >= 0.6 is 0 Å². The summed E-state index contributed by atoms with van der Waals surface area (Å²) in [4.78, 5) is 23.2. The fourth-order valence-electron chi connectivity index (χ4n) is 4.96. The van der Waals surface area contributed by atoms with Gasteiger partial charge in [0.15, 0.2) is 11.6 Å². The molecule has 3 heterocycles. The second-order valence-electron chi connectivity index (χ2n) is 8.00. The lowest BCUT2D eigenvalue weighted by Crippen LogP contribution is -2.58. The Morgan fingerprint density at radius 1 is 1.30 bits per heavy atom. The first-order valence-corrected chi connectivity index (χ1v) is 10.0. The number of carbonyl (C=O) groups is 1. The Morgan fingerprint density at radius 2 is 2.07 bits per heavy atom. The van der Waals surface area contributed by atoms with E-state index in [1.54, 1.807) is 7.11 Å². The molecule has 1 saturated carbocycles. The number of ether oxygens (including phenoxy) is 2. The van der Waals surface area contributed by atoms with E-state index in [0.717, 1.165) is 50.8 Å². The Balaban J connectivity index is 1.28. The number of anilines is 1. The zero-order valence-electron chi connectivity index (χ0n) is 16.4. The monoisotopic (exact) mass is 374 g/mol. The highest BCUT2D eigenvalue weighted by Gasteiger charge is 2.51. The fraction of sp³-hybridized carbons (Fsp3) is 0.700. The number of piperazine rings is 1. The molecule has 2 saturated heterocycles. The molecule has 4 rings (SSSR count). The summed E-state index contributed by atoms with van der Waals surface area (Å²) in [7, 11) is 1.70. The first-order valence-electron chi connectivity index (χ1n) is 10.0. The topological polar surface area (TPSA) is 58.1 Å². The molecule has 27 heavy (non-hydrogen) atoms. The van der Waals surface area contributed by atoms with Crippen molar-refractivity contribution in [3.63, 3.8) is 0 Å². The molecule has 7 nitrogen and oxygen atoms in total. The Hall–Kier alpha value is -2.02. The molecule has 3 fully saturated rings. The smallest absolute Gasteiger partial charge is 0.409 e. The standard InChI is InChI=1S/C20H30N4O3/c1-3-27-19(25)24-14-20(15-24)7-6-16(13-20)22-9-11-23(12-10-22)18-17(26-2)5-4-8-21-18/h4-5,8,16H,3,6-7,9-15H2,1-2H3. The lowest BCUT2D eigenvalue weighted by atomic mass is 9.78. The zero-order chi connectivity index (χ0) is 18.9. The molecule has 1 aromatic heterocycles. The van der Waals surface area contributed by atoms with Gasteiger partial charge in [-0.05, 0) is 38.3 Å². The van der Waals surface area contributed by atoms with E-state index in [0.29, 0.717) is 18.1 Å². The quantitative estimate of drug-likeness (QED) is 0.806. The van der Waals surface area contributed by atoms with Crippen molar-refractivity contribution in [3.05, 3.63) is 18.3 Å². The Kier molecular flexibility index (Phi) is 5.12. The summed E-state index contributed by atoms with van der Waals surface area (Å²) in [5.74, 6) is 1.80. The van der Waals surface area contributed by atoms with E-state index >= 15 is 0 Å². The van der Waals surface area contributed by atoms with Gasteiger partial charge in [-0.3, -0.25) is 4.90 Å². The second-order valence-corrected chi connectivity index (χ2v) is 8.00. The Morgan fingerprint density at radius 3 is 2.78 bits per heavy atom. The van der Waals surface area contributed by atoms with Crippen molar-refractivity contribution < 1.29 is 14.3 Å². The van der Waals surface area contributed by atoms with Crippen molar-refractivity contribution in [2.45, 2.75) is 32.2 Å². The summed E-state index contributed by atoms with van der Waals surface area (Å²) >= 11 is 0. The van der Waals surface area contributed by atoms with Gasteiger partial charge in [0, 0.05) is 56.9 Å². The number of rotatable bonds is 4. The van der Waals surface area contributed by atoms with Crippen LogP contribution < -0.4 is 9.64 Å². The zero-order valence-corrected chi connectivity index (χ0v) is 16.4. The van der Waals surface area contributed by atoms with Crippen LogP contribution in [-0.4, -0.2) is 79.9 Å². The molecule has 0 N–H and O–H groups in total. The number of pyridine rings is 1. The average molecular weight is 374 g/mol. The minimum absolute atomic E-state index is 0.149. The number of hydrogen-bond acceptors (Lipinski definition) is 6. The molecule has 148 valence electrons. The highest BCUT2D eigenvalue weighted by molar-refractivity contribution is 5.69. The first kappa shape index (κ1) is 18.3. The molecule has 1 aromatic rings. The predicted octanol–water partition coefficient (Wildman–Crippen LogP) is 2.22. The predicted molar refractivity (Wildman–Crippen MR) is 103 cm³/mol. The molecule has 2 aliphatic heterocycles. The molecule has 0 radical (unpaired) electrons. The third-order valence-electron chi connectivity index (χ3n) is 6.36. The molecular formula is C20H30N4O3. The van der Waals surface area contributed by atoms with Gasteiger partial charge in [-0.1, -0.05) is 0 Å². The summed E-state index contributed by atoms with van der Waals surface area (Å²) in [6.45, 7) is 8.12. The van der Waals surface area contributed by atoms with Gasteiger partial charge in [0.2, 0.25) is 0 Å². The molecule has 1 amide bonds. The van der Waals surface area contributed by atoms with E-state index in [1.165, 1.54) is 19.3 Å². The van der Waals surface area contributed by atoms with Gasteiger partial charge in [-0.2, -0.15) is 0 Å². The lowest BCUT2D eigenvalue weighted by Gasteiger charge is -2.48. The van der Waals surface area contributed by atoms with Crippen LogP contribution in [0.25, 0.3) is 0 Å². The van der Waals surface area contributed by atoms with Crippen LogP contribution in [0.5, 0.6) is 5.75 Å². The highest BCUT2D eigenvalue weighted by atomic mass is 16.6. The maximum atomic E-state index is 11.8. The van der Waals surface area contributed by atoms with Crippen molar-refractivity contribution in [2.24, 2.45) is 5.41 Å². The van der Waals surface area contributed by atoms with E-state index in [2.05, 4.69) is 14.8 Å². The van der Waals surface area contributed by atoms with E-state index in [-0.39, 0.29) is 6.09 Å². The van der Waals surface area contributed by atoms with Gasteiger partial charge >= 0.3 is 6.09 Å². The number of likely N-dealkylation sites (tertiary alicyclic amines) is 1. The van der Waals surface area contributed by atoms with E-state index in [9.17, 15) is 4.79 Å². The molecular weight excluding hydrogens is 344 g/mol. The SMILES string of the molecule is CCOC(=O)N1CC2(CCC(N3CCN(c4ncccc4OC)CC3)C2)C1. The maximum Gasteiger partial charge on any atom is 0.409 e. The van der Waals surface area contributed by atoms with Crippen molar-refractivity contribution in [3.8, 4) is 5.75 Å². The van der Waals surface area contributed by atoms with Crippen LogP contribution in [0.4, 0.5) is 10.6 Å². The van der Waals surface area contributed by atoms with Gasteiger partial charge in [0.1, 0.15) is 0 Å². The highest BCUT2D eigenvalue weighted by Crippen LogP contribution is 2.47. The molecule has 0 aromatic carbocycles. The normalized spacial score (nSPS) is 24.7. The molecule has 7 heteroatoms. The number of aromatic nitrogens is 1. The van der Waals surface area contributed by atoms with Gasteiger partial charge in [-0.25, -0.2) is 9.78 Å². The number of amides is 1. The van der Waals surface area contributed by atoms with E-state index in [4.69, 9.17) is 9.47 Å². The Labute approximate surface area is 161 Å². The number of nitrogens with zero attached hydrogens (tertiary/aromatic N) is 4. The van der Waals surface area contributed by atoms with Crippen LogP contribution in [0, 0.1) is 5.41 Å². The van der Waals surface area contributed by atoms with Crippen molar-refractivity contribution in [1.82, 2.24) is 14.8 Å². The van der Waals surface area contributed by atoms with Gasteiger partial charge < -0.3 is 19.3 Å². The minimum atomic E-state index is -0.149. The van der Waals surface area contributed by atoms with Crippen LogP contribution in [0.1, 0.15) is 26.2 Å². The van der Waals surface area contributed by atoms with Gasteiger partial charge in [0.05, 0.1) is 13.7 Å². The van der Waals surface area contributed by atoms with E-state index in [1.807, 2.05) is 30.2 Å². The largest absolute Gasteiger partial charge is 0.493 e. The number of methoxy groups -OCH3 is 1. The van der Waals surface area contributed by atoms with Crippen molar-refractivity contribution in [2.75, 3.05) is 57.9 Å². The third-order valence-corrected chi connectivity index (χ3v) is 6.36. The van der Waals surface area contributed by atoms with E-state index < -0.39 is 0 Å². The van der Waals surface area contributed by atoms with Crippen LogP contribution in [-0.2, 0) is 4.74 Å². The summed E-state index contributed by atoms with van der Waals surface area (Å²) in [6, 6.07) is 4.53. The Bertz CT molecular complexity index is 669. The van der Waals surface area contributed by atoms with Gasteiger partial charge in [-0.15, -0.1) is 0 Å². The van der Waals surface area contributed by atoms with Gasteiger partial charge in [0.25, 0.3) is 0 Å². The third kappa shape index (κ3) is 3.57. The lowest BCUT2D eigenvalue weighted by molar-refractivity contribution is -0.00294. The molecule has 1 unspecified atom stereocenters.